The zero-order chi connectivity index (χ0) is 12.3. The van der Waals surface area contributed by atoms with Gasteiger partial charge in [-0.05, 0) is 25.6 Å². The van der Waals surface area contributed by atoms with Crippen LogP contribution in [-0.4, -0.2) is 11.5 Å². The monoisotopic (exact) mass is 266 g/mol. The third-order valence-corrected chi connectivity index (χ3v) is 3.71. The van der Waals surface area contributed by atoms with E-state index in [1.54, 1.807) is 11.3 Å². The van der Waals surface area contributed by atoms with E-state index in [2.05, 4.69) is 24.1 Å². The fourth-order valence-corrected chi connectivity index (χ4v) is 2.69. The van der Waals surface area contributed by atoms with E-state index in [9.17, 15) is 0 Å². The van der Waals surface area contributed by atoms with E-state index < -0.39 is 0 Å². The SMILES string of the molecule is CCNCc1nc(-c2ccc(Cl)cc2)c(C)s1. The van der Waals surface area contributed by atoms with Gasteiger partial charge in [-0.15, -0.1) is 11.3 Å². The quantitative estimate of drug-likeness (QED) is 0.908. The van der Waals surface area contributed by atoms with Crippen molar-refractivity contribution in [1.29, 1.82) is 0 Å². The molecule has 1 heterocycles. The van der Waals surface area contributed by atoms with Crippen molar-refractivity contribution in [3.05, 3.63) is 39.2 Å². The molecule has 1 aromatic heterocycles. The van der Waals surface area contributed by atoms with Crippen molar-refractivity contribution in [2.45, 2.75) is 20.4 Å². The van der Waals surface area contributed by atoms with Crippen molar-refractivity contribution in [3.8, 4) is 11.3 Å². The van der Waals surface area contributed by atoms with Gasteiger partial charge in [-0.3, -0.25) is 0 Å². The fourth-order valence-electron chi connectivity index (χ4n) is 1.63. The standard InChI is InChI=1S/C13H15ClN2S/c1-3-15-8-12-16-13(9(2)17-12)10-4-6-11(14)7-5-10/h4-7,15H,3,8H2,1-2H3. The number of nitrogens with one attached hydrogen (secondary N) is 1. The molecule has 0 radical (unpaired) electrons. The van der Waals surface area contributed by atoms with Crippen molar-refractivity contribution in [3.63, 3.8) is 0 Å². The van der Waals surface area contributed by atoms with Crippen LogP contribution in [0, 0.1) is 6.92 Å². The molecule has 1 N–H and O–H groups in total. The van der Waals surface area contributed by atoms with E-state index in [-0.39, 0.29) is 0 Å². The molecule has 0 aliphatic heterocycles. The first kappa shape index (κ1) is 12.6. The van der Waals surface area contributed by atoms with E-state index in [0.717, 1.165) is 34.4 Å². The summed E-state index contributed by atoms with van der Waals surface area (Å²) in [5.74, 6) is 0. The second-order valence-electron chi connectivity index (χ2n) is 3.80. The molecule has 90 valence electrons. The number of aromatic nitrogens is 1. The van der Waals surface area contributed by atoms with Crippen LogP contribution >= 0.6 is 22.9 Å². The second kappa shape index (κ2) is 5.63. The lowest BCUT2D eigenvalue weighted by Crippen LogP contribution is -2.11. The Morgan fingerprint density at radius 3 is 2.65 bits per heavy atom. The zero-order valence-corrected chi connectivity index (χ0v) is 11.5. The molecule has 0 saturated carbocycles. The van der Waals surface area contributed by atoms with Crippen LogP contribution in [0.15, 0.2) is 24.3 Å². The minimum absolute atomic E-state index is 0.759. The molecule has 0 amide bonds. The lowest BCUT2D eigenvalue weighted by atomic mass is 10.1. The summed E-state index contributed by atoms with van der Waals surface area (Å²) in [6.45, 7) is 6.02. The molecule has 0 saturated heterocycles. The first-order chi connectivity index (χ1) is 8.20. The Labute approximate surface area is 111 Å². The van der Waals surface area contributed by atoms with Crippen molar-refractivity contribution < 1.29 is 0 Å². The van der Waals surface area contributed by atoms with Gasteiger partial charge in [0.2, 0.25) is 0 Å². The molecule has 0 aliphatic rings. The second-order valence-corrected chi connectivity index (χ2v) is 5.52. The predicted octanol–water partition coefficient (Wildman–Crippen LogP) is 3.88. The normalized spacial score (nSPS) is 10.8. The number of hydrogen-bond acceptors (Lipinski definition) is 3. The van der Waals surface area contributed by atoms with Crippen LogP contribution in [0.4, 0.5) is 0 Å². The van der Waals surface area contributed by atoms with Gasteiger partial charge < -0.3 is 5.32 Å². The maximum atomic E-state index is 5.88. The largest absolute Gasteiger partial charge is 0.311 e. The smallest absolute Gasteiger partial charge is 0.107 e. The highest BCUT2D eigenvalue weighted by atomic mass is 35.5. The summed E-state index contributed by atoms with van der Waals surface area (Å²) in [6, 6.07) is 7.84. The molecule has 0 unspecified atom stereocenters. The number of halogens is 1. The van der Waals surface area contributed by atoms with Crippen LogP contribution in [-0.2, 0) is 6.54 Å². The highest BCUT2D eigenvalue weighted by molar-refractivity contribution is 7.12. The average molecular weight is 267 g/mol. The fraction of sp³-hybridized carbons (Fsp3) is 0.308. The maximum Gasteiger partial charge on any atom is 0.107 e. The van der Waals surface area contributed by atoms with Gasteiger partial charge in [-0.2, -0.15) is 0 Å². The molecule has 2 rings (SSSR count). The molecule has 4 heteroatoms. The summed E-state index contributed by atoms with van der Waals surface area (Å²) >= 11 is 7.63. The van der Waals surface area contributed by atoms with E-state index in [0.29, 0.717) is 0 Å². The number of benzene rings is 1. The zero-order valence-electron chi connectivity index (χ0n) is 9.96. The Balaban J connectivity index is 2.26. The van der Waals surface area contributed by atoms with Crippen LogP contribution in [0.3, 0.4) is 0 Å². The summed E-state index contributed by atoms with van der Waals surface area (Å²) < 4.78 is 0. The van der Waals surface area contributed by atoms with E-state index >= 15 is 0 Å². The summed E-state index contributed by atoms with van der Waals surface area (Å²) in [7, 11) is 0. The summed E-state index contributed by atoms with van der Waals surface area (Å²) in [6.07, 6.45) is 0. The molecule has 2 aromatic rings. The molecule has 0 bridgehead atoms. The van der Waals surface area contributed by atoms with Gasteiger partial charge in [0.15, 0.2) is 0 Å². The number of nitrogens with zero attached hydrogens (tertiary/aromatic N) is 1. The first-order valence-corrected chi connectivity index (χ1v) is 6.83. The molecular weight excluding hydrogens is 252 g/mol. The molecule has 0 atom stereocenters. The Bertz CT molecular complexity index is 491. The minimum atomic E-state index is 0.759. The van der Waals surface area contributed by atoms with Gasteiger partial charge in [-0.1, -0.05) is 30.7 Å². The number of rotatable bonds is 4. The third-order valence-electron chi connectivity index (χ3n) is 2.48. The van der Waals surface area contributed by atoms with E-state index in [1.807, 2.05) is 24.3 Å². The van der Waals surface area contributed by atoms with Gasteiger partial charge in [0, 0.05) is 22.0 Å². The maximum absolute atomic E-state index is 5.88. The summed E-state index contributed by atoms with van der Waals surface area (Å²) in [5.41, 5.74) is 2.20. The predicted molar refractivity (Wildman–Crippen MR) is 74.7 cm³/mol. The van der Waals surface area contributed by atoms with Crippen molar-refractivity contribution in [2.75, 3.05) is 6.54 Å². The third kappa shape index (κ3) is 3.06. The first-order valence-electron chi connectivity index (χ1n) is 5.63. The van der Waals surface area contributed by atoms with Crippen LogP contribution < -0.4 is 5.32 Å². The van der Waals surface area contributed by atoms with Crippen molar-refractivity contribution in [1.82, 2.24) is 10.3 Å². The van der Waals surface area contributed by atoms with E-state index in [1.165, 1.54) is 4.88 Å². The van der Waals surface area contributed by atoms with Gasteiger partial charge in [-0.25, -0.2) is 4.98 Å². The van der Waals surface area contributed by atoms with Crippen molar-refractivity contribution in [2.24, 2.45) is 0 Å². The van der Waals surface area contributed by atoms with Crippen LogP contribution in [0.25, 0.3) is 11.3 Å². The lowest BCUT2D eigenvalue weighted by molar-refractivity contribution is 0.723. The van der Waals surface area contributed by atoms with Crippen LogP contribution in [0.5, 0.6) is 0 Å². The molecule has 17 heavy (non-hydrogen) atoms. The lowest BCUT2D eigenvalue weighted by Gasteiger charge is -1.98. The minimum Gasteiger partial charge on any atom is -0.311 e. The molecule has 2 nitrogen and oxygen atoms in total. The summed E-state index contributed by atoms with van der Waals surface area (Å²) in [4.78, 5) is 5.91. The molecule has 0 spiro atoms. The van der Waals surface area contributed by atoms with E-state index in [4.69, 9.17) is 11.6 Å². The highest BCUT2D eigenvalue weighted by Gasteiger charge is 2.09. The highest BCUT2D eigenvalue weighted by Crippen LogP contribution is 2.28. The molecule has 0 aliphatic carbocycles. The molecule has 1 aromatic carbocycles. The number of hydrogen-bond donors (Lipinski definition) is 1. The Morgan fingerprint density at radius 2 is 2.00 bits per heavy atom. The van der Waals surface area contributed by atoms with Gasteiger partial charge >= 0.3 is 0 Å². The average Bonchev–Trinajstić information content (AvgIpc) is 2.69. The van der Waals surface area contributed by atoms with Crippen LogP contribution in [0.2, 0.25) is 5.02 Å². The number of thiazole rings is 1. The molecular formula is C13H15ClN2S. The Kier molecular flexibility index (Phi) is 4.15. The summed E-state index contributed by atoms with van der Waals surface area (Å²) in [5, 5.41) is 5.18. The Hall–Kier alpha value is -0.900. The van der Waals surface area contributed by atoms with Crippen LogP contribution in [0.1, 0.15) is 16.8 Å². The molecule has 0 fully saturated rings. The van der Waals surface area contributed by atoms with Gasteiger partial charge in [0.1, 0.15) is 5.01 Å². The van der Waals surface area contributed by atoms with Crippen molar-refractivity contribution >= 4 is 22.9 Å². The Morgan fingerprint density at radius 1 is 1.29 bits per heavy atom. The topological polar surface area (TPSA) is 24.9 Å². The number of aryl methyl sites for hydroxylation is 1. The van der Waals surface area contributed by atoms with Gasteiger partial charge in [0.25, 0.3) is 0 Å². The van der Waals surface area contributed by atoms with Gasteiger partial charge in [0.05, 0.1) is 5.69 Å².